The number of aromatic nitrogens is 3. The molecule has 3 rings (SSSR count). The largest absolute Gasteiger partial charge is 0.349 e. The van der Waals surface area contributed by atoms with Gasteiger partial charge in [-0.05, 0) is 25.0 Å². The fourth-order valence-electron chi connectivity index (χ4n) is 3.56. The second-order valence-electron chi connectivity index (χ2n) is 6.54. The molecule has 0 bridgehead atoms. The Kier molecular flexibility index (Phi) is 4.21. The molecule has 0 radical (unpaired) electrons. The number of hydrogen-bond donors (Lipinski definition) is 0. The van der Waals surface area contributed by atoms with E-state index >= 15 is 0 Å². The summed E-state index contributed by atoms with van der Waals surface area (Å²) < 4.78 is 4.38. The maximum absolute atomic E-state index is 4.58. The zero-order valence-corrected chi connectivity index (χ0v) is 13.9. The number of nitrogens with zero attached hydrogens (tertiary/aromatic N) is 4. The first kappa shape index (κ1) is 15.1. The Morgan fingerprint density at radius 2 is 2.23 bits per heavy atom. The van der Waals surface area contributed by atoms with E-state index in [9.17, 15) is 0 Å². The molecule has 3 heterocycles. The molecule has 0 fully saturated rings. The van der Waals surface area contributed by atoms with Crippen LogP contribution < -0.4 is 0 Å². The highest BCUT2D eigenvalue weighted by Gasteiger charge is 2.30. The van der Waals surface area contributed by atoms with Crippen LogP contribution in [0.1, 0.15) is 36.8 Å². The Morgan fingerprint density at radius 1 is 1.41 bits per heavy atom. The number of fused-ring (bicyclic) bond motifs is 1. The van der Waals surface area contributed by atoms with Crippen LogP contribution in [0.4, 0.5) is 0 Å². The van der Waals surface area contributed by atoms with Gasteiger partial charge in [-0.1, -0.05) is 19.9 Å². The van der Waals surface area contributed by atoms with Crippen LogP contribution in [-0.2, 0) is 19.6 Å². The summed E-state index contributed by atoms with van der Waals surface area (Å²) in [5.41, 5.74) is 3.90. The molecule has 1 aliphatic heterocycles. The Balaban J connectivity index is 1.84. The Bertz CT molecular complexity index is 650. The van der Waals surface area contributed by atoms with Crippen LogP contribution in [0.3, 0.4) is 0 Å². The summed E-state index contributed by atoms with van der Waals surface area (Å²) in [5, 5.41) is 4.58. The molecular formula is C18H26N4. The van der Waals surface area contributed by atoms with Gasteiger partial charge in [0, 0.05) is 43.3 Å². The van der Waals surface area contributed by atoms with Crippen LogP contribution in [0.25, 0.3) is 0 Å². The third kappa shape index (κ3) is 2.75. The summed E-state index contributed by atoms with van der Waals surface area (Å²) in [7, 11) is 0. The number of allylic oxidation sites excluding steroid dienone is 1. The highest BCUT2D eigenvalue weighted by molar-refractivity contribution is 5.19. The van der Waals surface area contributed by atoms with Gasteiger partial charge in [-0.25, -0.2) is 0 Å². The van der Waals surface area contributed by atoms with Crippen LogP contribution in [0.15, 0.2) is 37.2 Å². The number of rotatable bonds is 5. The van der Waals surface area contributed by atoms with E-state index in [0.29, 0.717) is 12.0 Å². The topological polar surface area (TPSA) is 26.0 Å². The van der Waals surface area contributed by atoms with Gasteiger partial charge in [0.05, 0.1) is 18.3 Å². The lowest BCUT2D eigenvalue weighted by Crippen LogP contribution is -2.39. The molecule has 22 heavy (non-hydrogen) atoms. The predicted octanol–water partition coefficient (Wildman–Crippen LogP) is 3.39. The van der Waals surface area contributed by atoms with Crippen molar-refractivity contribution in [2.24, 2.45) is 5.92 Å². The number of hydrogen-bond acceptors (Lipinski definition) is 2. The first-order chi connectivity index (χ1) is 10.6. The zero-order chi connectivity index (χ0) is 15.7. The maximum atomic E-state index is 4.58. The molecule has 0 amide bonds. The Morgan fingerprint density at radius 3 is 2.95 bits per heavy atom. The summed E-state index contributed by atoms with van der Waals surface area (Å²) in [6, 6.07) is 4.91. The predicted molar refractivity (Wildman–Crippen MR) is 89.6 cm³/mol. The van der Waals surface area contributed by atoms with E-state index in [4.69, 9.17) is 0 Å². The van der Waals surface area contributed by atoms with Crippen molar-refractivity contribution in [3.05, 3.63) is 54.1 Å². The van der Waals surface area contributed by atoms with E-state index in [-0.39, 0.29) is 0 Å². The molecule has 0 aliphatic carbocycles. The highest BCUT2D eigenvalue weighted by atomic mass is 15.3. The molecule has 1 aliphatic rings. The first-order valence-corrected chi connectivity index (χ1v) is 8.13. The SMILES string of the molecule is C=CCn1cc(CN2CCn3cccc3C2C(C)C)c(C)n1. The number of aryl methyl sites for hydroxylation is 1. The standard InChI is InChI=1S/C18H26N4/c1-5-8-22-13-16(15(4)19-22)12-21-11-10-20-9-6-7-17(20)18(21)14(2)3/h5-7,9,13-14,18H,1,8,10-12H2,2-4H3. The molecule has 4 nitrogen and oxygen atoms in total. The lowest BCUT2D eigenvalue weighted by atomic mass is 9.96. The molecule has 1 atom stereocenters. The normalized spacial score (nSPS) is 18.6. The molecule has 0 saturated heterocycles. The van der Waals surface area contributed by atoms with Crippen molar-refractivity contribution in [3.63, 3.8) is 0 Å². The molecule has 118 valence electrons. The minimum atomic E-state index is 0.478. The third-order valence-electron chi connectivity index (χ3n) is 4.56. The van der Waals surface area contributed by atoms with Gasteiger partial charge in [-0.15, -0.1) is 6.58 Å². The van der Waals surface area contributed by atoms with Crippen LogP contribution in [0.2, 0.25) is 0 Å². The lowest BCUT2D eigenvalue weighted by Gasteiger charge is -2.39. The Hall–Kier alpha value is -1.81. The van der Waals surface area contributed by atoms with Gasteiger partial charge in [-0.3, -0.25) is 9.58 Å². The van der Waals surface area contributed by atoms with E-state index in [1.54, 1.807) is 0 Å². The molecule has 0 N–H and O–H groups in total. The summed E-state index contributed by atoms with van der Waals surface area (Å²) >= 11 is 0. The van der Waals surface area contributed by atoms with Crippen molar-refractivity contribution >= 4 is 0 Å². The minimum absolute atomic E-state index is 0.478. The molecule has 0 spiro atoms. The van der Waals surface area contributed by atoms with E-state index in [2.05, 4.69) is 66.4 Å². The van der Waals surface area contributed by atoms with E-state index in [1.807, 2.05) is 10.8 Å². The summed E-state index contributed by atoms with van der Waals surface area (Å²) in [5.74, 6) is 0.595. The van der Waals surface area contributed by atoms with Crippen molar-refractivity contribution in [1.29, 1.82) is 0 Å². The van der Waals surface area contributed by atoms with Crippen molar-refractivity contribution in [1.82, 2.24) is 19.2 Å². The average molecular weight is 298 g/mol. The van der Waals surface area contributed by atoms with Crippen molar-refractivity contribution in [2.75, 3.05) is 6.54 Å². The zero-order valence-electron chi connectivity index (χ0n) is 13.9. The van der Waals surface area contributed by atoms with Crippen molar-refractivity contribution in [2.45, 2.75) is 46.4 Å². The van der Waals surface area contributed by atoms with Crippen molar-refractivity contribution in [3.8, 4) is 0 Å². The van der Waals surface area contributed by atoms with Gasteiger partial charge in [0.2, 0.25) is 0 Å². The summed E-state index contributed by atoms with van der Waals surface area (Å²) in [6.07, 6.45) is 6.26. The van der Waals surface area contributed by atoms with E-state index in [1.165, 1.54) is 11.3 Å². The monoisotopic (exact) mass is 298 g/mol. The molecule has 4 heteroatoms. The van der Waals surface area contributed by atoms with Crippen molar-refractivity contribution < 1.29 is 0 Å². The highest BCUT2D eigenvalue weighted by Crippen LogP contribution is 2.33. The van der Waals surface area contributed by atoms with Gasteiger partial charge in [0.1, 0.15) is 0 Å². The molecule has 1 unspecified atom stereocenters. The van der Waals surface area contributed by atoms with Gasteiger partial charge in [-0.2, -0.15) is 5.10 Å². The van der Waals surface area contributed by atoms with Gasteiger partial charge < -0.3 is 4.57 Å². The third-order valence-corrected chi connectivity index (χ3v) is 4.56. The van der Waals surface area contributed by atoms with Crippen LogP contribution in [0, 0.1) is 12.8 Å². The maximum Gasteiger partial charge on any atom is 0.0638 e. The van der Waals surface area contributed by atoms with Crippen LogP contribution in [-0.4, -0.2) is 25.8 Å². The molecule has 2 aromatic rings. The molecule has 0 saturated carbocycles. The van der Waals surface area contributed by atoms with E-state index < -0.39 is 0 Å². The summed E-state index contributed by atoms with van der Waals surface area (Å²) in [4.78, 5) is 2.60. The second kappa shape index (κ2) is 6.13. The molecule has 0 aromatic carbocycles. The fraction of sp³-hybridized carbons (Fsp3) is 0.500. The lowest BCUT2D eigenvalue weighted by molar-refractivity contribution is 0.111. The smallest absolute Gasteiger partial charge is 0.0638 e. The molecule has 2 aromatic heterocycles. The first-order valence-electron chi connectivity index (χ1n) is 8.13. The van der Waals surface area contributed by atoms with Crippen LogP contribution >= 0.6 is 0 Å². The summed E-state index contributed by atoms with van der Waals surface area (Å²) in [6.45, 7) is 14.4. The second-order valence-corrected chi connectivity index (χ2v) is 6.54. The minimum Gasteiger partial charge on any atom is -0.349 e. The molecular weight excluding hydrogens is 272 g/mol. The Labute approximate surface area is 133 Å². The average Bonchev–Trinajstić information content (AvgIpc) is 3.06. The van der Waals surface area contributed by atoms with Gasteiger partial charge in [0.25, 0.3) is 0 Å². The van der Waals surface area contributed by atoms with Gasteiger partial charge in [0.15, 0.2) is 0 Å². The van der Waals surface area contributed by atoms with Crippen LogP contribution in [0.5, 0.6) is 0 Å². The quantitative estimate of drug-likeness (QED) is 0.791. The van der Waals surface area contributed by atoms with Gasteiger partial charge >= 0.3 is 0 Å². The fourth-order valence-corrected chi connectivity index (χ4v) is 3.56. The van der Waals surface area contributed by atoms with E-state index in [0.717, 1.165) is 31.9 Å².